The van der Waals surface area contributed by atoms with Gasteiger partial charge in [0.15, 0.2) is 6.04 Å². The van der Waals surface area contributed by atoms with Crippen LogP contribution in [0.25, 0.3) is 0 Å². The number of anilines is 1. The number of esters is 1. The number of carbonyl (C=O) groups is 2. The molecule has 2 heterocycles. The molecule has 3 atom stereocenters. The predicted octanol–water partition coefficient (Wildman–Crippen LogP) is 2.65. The van der Waals surface area contributed by atoms with Crippen molar-refractivity contribution >= 4 is 23.3 Å². The molecule has 3 rings (SSSR count). The number of hydrogen-bond donors (Lipinski definition) is 1. The average molecular weight is 387 g/mol. The van der Waals surface area contributed by atoms with Crippen LogP contribution < -0.4 is 10.3 Å². The van der Waals surface area contributed by atoms with Gasteiger partial charge in [-0.05, 0) is 52.7 Å². The molecular formula is C21H29N3O4. The molecule has 0 radical (unpaired) electrons. The summed E-state index contributed by atoms with van der Waals surface area (Å²) in [6.45, 7) is 8.14. The van der Waals surface area contributed by atoms with E-state index in [0.29, 0.717) is 5.71 Å². The summed E-state index contributed by atoms with van der Waals surface area (Å²) in [5.41, 5.74) is 0.455. The molecule has 0 aliphatic carbocycles. The van der Waals surface area contributed by atoms with E-state index in [1.54, 1.807) is 5.01 Å². The highest BCUT2D eigenvalue weighted by Gasteiger charge is 2.39. The molecule has 1 aromatic carbocycles. The summed E-state index contributed by atoms with van der Waals surface area (Å²) in [4.78, 5) is 25.5. The first-order valence-corrected chi connectivity index (χ1v) is 9.82. The number of nitrogens with one attached hydrogen (secondary N) is 1. The van der Waals surface area contributed by atoms with Crippen LogP contribution in [0, 0.1) is 0 Å². The van der Waals surface area contributed by atoms with E-state index in [2.05, 4.69) is 10.4 Å². The summed E-state index contributed by atoms with van der Waals surface area (Å²) >= 11 is 0. The van der Waals surface area contributed by atoms with Crippen LogP contribution in [0.4, 0.5) is 5.69 Å². The maximum absolute atomic E-state index is 12.8. The summed E-state index contributed by atoms with van der Waals surface area (Å²) in [6.07, 6.45) is 2.17. The SMILES string of the molecule is C[C@H](NC(=O)C1=NN(c2ccccc2)[C@H](C(=O)OC(C)(C)C)C1)[C@H]1CCCO1. The van der Waals surface area contributed by atoms with Gasteiger partial charge in [-0.25, -0.2) is 4.79 Å². The maximum atomic E-state index is 12.8. The first-order chi connectivity index (χ1) is 13.2. The number of hydrazone groups is 1. The molecule has 152 valence electrons. The zero-order valence-electron chi connectivity index (χ0n) is 17.0. The molecule has 2 aliphatic heterocycles. The highest BCUT2D eigenvalue weighted by molar-refractivity contribution is 6.40. The van der Waals surface area contributed by atoms with Crippen LogP contribution in [0.1, 0.15) is 47.0 Å². The lowest BCUT2D eigenvalue weighted by Gasteiger charge is -2.26. The normalized spacial score (nSPS) is 23.3. The molecule has 0 saturated carbocycles. The molecule has 1 fully saturated rings. The average Bonchev–Trinajstić information content (AvgIpc) is 3.31. The second-order valence-electron chi connectivity index (χ2n) is 8.29. The minimum Gasteiger partial charge on any atom is -0.458 e. The lowest BCUT2D eigenvalue weighted by molar-refractivity contribution is -0.156. The van der Waals surface area contributed by atoms with Gasteiger partial charge in [-0.1, -0.05) is 18.2 Å². The monoisotopic (exact) mass is 387 g/mol. The summed E-state index contributed by atoms with van der Waals surface area (Å²) < 4.78 is 11.2. The van der Waals surface area contributed by atoms with E-state index < -0.39 is 17.6 Å². The van der Waals surface area contributed by atoms with E-state index in [-0.39, 0.29) is 24.5 Å². The second-order valence-corrected chi connectivity index (χ2v) is 8.29. The lowest BCUT2D eigenvalue weighted by Crippen LogP contribution is -2.44. The van der Waals surface area contributed by atoms with Gasteiger partial charge in [0.25, 0.3) is 5.91 Å². The largest absolute Gasteiger partial charge is 0.458 e. The van der Waals surface area contributed by atoms with Crippen LogP contribution in [0.15, 0.2) is 35.4 Å². The summed E-state index contributed by atoms with van der Waals surface area (Å²) in [5, 5.41) is 9.02. The van der Waals surface area contributed by atoms with Gasteiger partial charge in [0.2, 0.25) is 0 Å². The summed E-state index contributed by atoms with van der Waals surface area (Å²) in [7, 11) is 0. The smallest absolute Gasteiger partial charge is 0.331 e. The van der Waals surface area contributed by atoms with E-state index in [4.69, 9.17) is 9.47 Å². The molecule has 7 heteroatoms. The molecule has 0 bridgehead atoms. The Balaban J connectivity index is 1.76. The standard InChI is InChI=1S/C21H29N3O4/c1-14(18-11-8-12-27-18)22-19(25)16-13-17(20(26)28-21(2,3)4)24(23-16)15-9-6-5-7-10-15/h5-7,9-10,14,17-18H,8,11-13H2,1-4H3,(H,22,25)/t14-,17-,18+/m0/s1. The third-order valence-corrected chi connectivity index (χ3v) is 4.75. The van der Waals surface area contributed by atoms with Gasteiger partial charge >= 0.3 is 5.97 Å². The Morgan fingerprint density at radius 2 is 2.00 bits per heavy atom. The second kappa shape index (κ2) is 8.31. The van der Waals surface area contributed by atoms with Crippen molar-refractivity contribution in [3.63, 3.8) is 0 Å². The van der Waals surface area contributed by atoms with Crippen molar-refractivity contribution in [2.75, 3.05) is 11.6 Å². The molecule has 0 aromatic heterocycles. The fourth-order valence-corrected chi connectivity index (χ4v) is 3.40. The van der Waals surface area contributed by atoms with Gasteiger partial charge in [0, 0.05) is 13.0 Å². The van der Waals surface area contributed by atoms with Crippen molar-refractivity contribution in [1.82, 2.24) is 5.32 Å². The van der Waals surface area contributed by atoms with E-state index in [9.17, 15) is 9.59 Å². The fourth-order valence-electron chi connectivity index (χ4n) is 3.40. The minimum atomic E-state index is -0.666. The van der Waals surface area contributed by atoms with Crippen LogP contribution in [-0.2, 0) is 19.1 Å². The molecule has 0 unspecified atom stereocenters. The Bertz CT molecular complexity index is 736. The van der Waals surface area contributed by atoms with Gasteiger partial charge in [-0.3, -0.25) is 9.80 Å². The number of amides is 1. The lowest BCUT2D eigenvalue weighted by atomic mass is 10.1. The molecule has 1 amide bonds. The van der Waals surface area contributed by atoms with Gasteiger partial charge in [-0.2, -0.15) is 5.10 Å². The number of hydrogen-bond acceptors (Lipinski definition) is 6. The predicted molar refractivity (Wildman–Crippen MR) is 107 cm³/mol. The van der Waals surface area contributed by atoms with Gasteiger partial charge < -0.3 is 14.8 Å². The van der Waals surface area contributed by atoms with E-state index >= 15 is 0 Å². The number of nitrogens with zero attached hydrogens (tertiary/aromatic N) is 2. The number of benzene rings is 1. The van der Waals surface area contributed by atoms with Gasteiger partial charge in [0.1, 0.15) is 11.3 Å². The van der Waals surface area contributed by atoms with Crippen LogP contribution in [0.2, 0.25) is 0 Å². The highest BCUT2D eigenvalue weighted by Crippen LogP contribution is 2.27. The summed E-state index contributed by atoms with van der Waals surface area (Å²) in [5.74, 6) is -0.662. The Labute approximate surface area is 166 Å². The Hall–Kier alpha value is -2.41. The van der Waals surface area contributed by atoms with Crippen molar-refractivity contribution in [1.29, 1.82) is 0 Å². The molecule has 1 saturated heterocycles. The Morgan fingerprint density at radius 1 is 1.29 bits per heavy atom. The van der Waals surface area contributed by atoms with E-state index in [0.717, 1.165) is 25.1 Å². The molecule has 1 N–H and O–H groups in total. The third kappa shape index (κ3) is 4.90. The van der Waals surface area contributed by atoms with Crippen molar-refractivity contribution < 1.29 is 19.1 Å². The van der Waals surface area contributed by atoms with Crippen LogP contribution in [0.5, 0.6) is 0 Å². The number of carbonyl (C=O) groups excluding carboxylic acids is 2. The fraction of sp³-hybridized carbons (Fsp3) is 0.571. The molecular weight excluding hydrogens is 358 g/mol. The van der Waals surface area contributed by atoms with Crippen molar-refractivity contribution in [2.45, 2.75) is 70.7 Å². The number of ether oxygens (including phenoxy) is 2. The zero-order chi connectivity index (χ0) is 20.3. The maximum Gasteiger partial charge on any atom is 0.331 e. The van der Waals surface area contributed by atoms with E-state index in [1.807, 2.05) is 58.0 Å². The van der Waals surface area contributed by atoms with Crippen LogP contribution in [-0.4, -0.2) is 48.0 Å². The van der Waals surface area contributed by atoms with Gasteiger partial charge in [0.05, 0.1) is 17.8 Å². The first-order valence-electron chi connectivity index (χ1n) is 9.82. The number of para-hydroxylation sites is 1. The molecule has 1 aromatic rings. The minimum absolute atomic E-state index is 0.0258. The van der Waals surface area contributed by atoms with Crippen molar-refractivity contribution in [3.05, 3.63) is 30.3 Å². The zero-order valence-corrected chi connectivity index (χ0v) is 17.0. The summed E-state index contributed by atoms with van der Waals surface area (Å²) in [6, 6.07) is 8.57. The van der Waals surface area contributed by atoms with E-state index in [1.165, 1.54) is 0 Å². The molecule has 28 heavy (non-hydrogen) atoms. The van der Waals surface area contributed by atoms with Crippen molar-refractivity contribution in [3.8, 4) is 0 Å². The van der Waals surface area contributed by atoms with Crippen molar-refractivity contribution in [2.24, 2.45) is 5.10 Å². The quantitative estimate of drug-likeness (QED) is 0.786. The first kappa shape index (κ1) is 20.3. The molecule has 0 spiro atoms. The van der Waals surface area contributed by atoms with Crippen LogP contribution in [0.3, 0.4) is 0 Å². The topological polar surface area (TPSA) is 80.2 Å². The molecule has 2 aliphatic rings. The molecule has 7 nitrogen and oxygen atoms in total. The number of rotatable bonds is 5. The third-order valence-electron chi connectivity index (χ3n) is 4.75. The highest BCUT2D eigenvalue weighted by atomic mass is 16.6. The van der Waals surface area contributed by atoms with Crippen LogP contribution >= 0.6 is 0 Å². The van der Waals surface area contributed by atoms with Gasteiger partial charge in [-0.15, -0.1) is 0 Å². The Kier molecular flexibility index (Phi) is 6.03. The Morgan fingerprint density at radius 3 is 2.61 bits per heavy atom.